The quantitative estimate of drug-likeness (QED) is 0.775. The van der Waals surface area contributed by atoms with E-state index in [9.17, 15) is 9.59 Å². The maximum absolute atomic E-state index is 13.0. The summed E-state index contributed by atoms with van der Waals surface area (Å²) >= 11 is 0. The highest BCUT2D eigenvalue weighted by Crippen LogP contribution is 2.34. The van der Waals surface area contributed by atoms with E-state index in [1.165, 1.54) is 4.68 Å². The molecule has 0 atom stereocenters. The van der Waals surface area contributed by atoms with Crippen molar-refractivity contribution in [2.75, 3.05) is 45.9 Å². The first-order chi connectivity index (χ1) is 13.6. The molecule has 0 radical (unpaired) electrons. The van der Waals surface area contributed by atoms with Gasteiger partial charge in [0.05, 0.1) is 17.8 Å². The SMILES string of the molecule is Cc1ccc(=O)n(CCN2CCN(C(=O)c3cccc4c3OCCO4)CC2)n1. The lowest BCUT2D eigenvalue weighted by Gasteiger charge is -2.35. The molecule has 0 spiro atoms. The van der Waals surface area contributed by atoms with Gasteiger partial charge in [-0.1, -0.05) is 6.07 Å². The molecular weight excluding hydrogens is 360 g/mol. The second kappa shape index (κ2) is 8.02. The van der Waals surface area contributed by atoms with Gasteiger partial charge in [-0.3, -0.25) is 14.5 Å². The van der Waals surface area contributed by atoms with Gasteiger partial charge in [0.15, 0.2) is 11.5 Å². The van der Waals surface area contributed by atoms with Crippen molar-refractivity contribution >= 4 is 5.91 Å². The van der Waals surface area contributed by atoms with Crippen molar-refractivity contribution in [3.05, 3.63) is 51.9 Å². The maximum Gasteiger partial charge on any atom is 0.266 e. The molecule has 2 aromatic rings. The molecule has 2 aliphatic rings. The van der Waals surface area contributed by atoms with Crippen molar-refractivity contribution in [1.82, 2.24) is 19.6 Å². The minimum atomic E-state index is -0.0875. The second-order valence-corrected chi connectivity index (χ2v) is 7.00. The highest BCUT2D eigenvalue weighted by molar-refractivity contribution is 5.98. The van der Waals surface area contributed by atoms with Gasteiger partial charge in [-0.25, -0.2) is 4.68 Å². The monoisotopic (exact) mass is 384 g/mol. The molecule has 1 fully saturated rings. The molecule has 1 saturated heterocycles. The Morgan fingerprint density at radius 1 is 1.04 bits per heavy atom. The summed E-state index contributed by atoms with van der Waals surface area (Å²) in [6, 6.07) is 8.71. The van der Waals surface area contributed by atoms with Crippen molar-refractivity contribution in [2.24, 2.45) is 0 Å². The summed E-state index contributed by atoms with van der Waals surface area (Å²) in [5, 5.41) is 4.27. The van der Waals surface area contributed by atoms with Crippen molar-refractivity contribution in [3.63, 3.8) is 0 Å². The number of carbonyl (C=O) groups excluding carboxylic acids is 1. The van der Waals surface area contributed by atoms with Crippen molar-refractivity contribution in [1.29, 1.82) is 0 Å². The fourth-order valence-corrected chi connectivity index (χ4v) is 3.53. The van der Waals surface area contributed by atoms with Crippen LogP contribution in [0.3, 0.4) is 0 Å². The fourth-order valence-electron chi connectivity index (χ4n) is 3.53. The Kier molecular flexibility index (Phi) is 5.29. The molecule has 0 N–H and O–H groups in total. The minimum absolute atomic E-state index is 0.0291. The molecule has 4 rings (SSSR count). The van der Waals surface area contributed by atoms with Crippen LogP contribution in [0.2, 0.25) is 0 Å². The third-order valence-electron chi connectivity index (χ3n) is 5.08. The number of ether oxygens (including phenoxy) is 2. The molecule has 8 nitrogen and oxygen atoms in total. The summed E-state index contributed by atoms with van der Waals surface area (Å²) in [5.41, 5.74) is 1.30. The van der Waals surface area contributed by atoms with Crippen LogP contribution in [0, 0.1) is 6.92 Å². The number of piperazine rings is 1. The van der Waals surface area contributed by atoms with E-state index in [0.29, 0.717) is 49.9 Å². The topological polar surface area (TPSA) is 76.9 Å². The summed E-state index contributed by atoms with van der Waals surface area (Å²) in [6.45, 7) is 6.91. The molecule has 1 aromatic heterocycles. The number of rotatable bonds is 4. The Balaban J connectivity index is 1.35. The van der Waals surface area contributed by atoms with E-state index in [-0.39, 0.29) is 11.5 Å². The van der Waals surface area contributed by atoms with E-state index in [1.807, 2.05) is 24.0 Å². The Hall–Kier alpha value is -2.87. The molecule has 2 aliphatic heterocycles. The van der Waals surface area contributed by atoms with Gasteiger partial charge in [-0.2, -0.15) is 5.10 Å². The highest BCUT2D eigenvalue weighted by atomic mass is 16.6. The fraction of sp³-hybridized carbons (Fsp3) is 0.450. The average molecular weight is 384 g/mol. The van der Waals surface area contributed by atoms with Gasteiger partial charge in [0.1, 0.15) is 13.2 Å². The van der Waals surface area contributed by atoms with Gasteiger partial charge < -0.3 is 14.4 Å². The Labute approximate surface area is 163 Å². The Morgan fingerprint density at radius 2 is 1.82 bits per heavy atom. The molecule has 148 valence electrons. The van der Waals surface area contributed by atoms with E-state index < -0.39 is 0 Å². The van der Waals surface area contributed by atoms with Crippen LogP contribution in [-0.2, 0) is 6.54 Å². The number of aromatic nitrogens is 2. The Morgan fingerprint density at radius 3 is 2.64 bits per heavy atom. The summed E-state index contributed by atoms with van der Waals surface area (Å²) in [6.07, 6.45) is 0. The molecule has 0 saturated carbocycles. The van der Waals surface area contributed by atoms with Crippen molar-refractivity contribution < 1.29 is 14.3 Å². The van der Waals surface area contributed by atoms with E-state index >= 15 is 0 Å². The number of nitrogens with zero attached hydrogens (tertiary/aromatic N) is 4. The molecular formula is C20H24N4O4. The summed E-state index contributed by atoms with van der Waals surface area (Å²) in [4.78, 5) is 28.9. The van der Waals surface area contributed by atoms with Gasteiger partial charge in [0.25, 0.3) is 11.5 Å². The molecule has 0 aliphatic carbocycles. The molecule has 3 heterocycles. The number of hydrogen-bond acceptors (Lipinski definition) is 6. The number of para-hydroxylation sites is 1. The smallest absolute Gasteiger partial charge is 0.266 e. The van der Waals surface area contributed by atoms with Gasteiger partial charge >= 0.3 is 0 Å². The normalized spacial score (nSPS) is 16.8. The number of benzene rings is 1. The van der Waals surface area contributed by atoms with E-state index in [4.69, 9.17) is 9.47 Å². The zero-order valence-corrected chi connectivity index (χ0v) is 16.0. The lowest BCUT2D eigenvalue weighted by molar-refractivity contribution is 0.0622. The van der Waals surface area contributed by atoms with Crippen molar-refractivity contribution in [3.8, 4) is 11.5 Å². The largest absolute Gasteiger partial charge is 0.486 e. The minimum Gasteiger partial charge on any atom is -0.486 e. The lowest BCUT2D eigenvalue weighted by atomic mass is 10.1. The zero-order valence-electron chi connectivity index (χ0n) is 16.0. The highest BCUT2D eigenvalue weighted by Gasteiger charge is 2.27. The van der Waals surface area contributed by atoms with Gasteiger partial charge in [0.2, 0.25) is 0 Å². The molecule has 28 heavy (non-hydrogen) atoms. The second-order valence-electron chi connectivity index (χ2n) is 7.00. The van der Waals surface area contributed by atoms with Crippen LogP contribution in [0.4, 0.5) is 0 Å². The average Bonchev–Trinajstić information content (AvgIpc) is 2.74. The van der Waals surface area contributed by atoms with Gasteiger partial charge in [-0.15, -0.1) is 0 Å². The lowest BCUT2D eigenvalue weighted by Crippen LogP contribution is -2.49. The third kappa shape index (κ3) is 3.87. The number of fused-ring (bicyclic) bond motifs is 1. The molecule has 1 amide bonds. The molecule has 0 bridgehead atoms. The van der Waals surface area contributed by atoms with Crippen LogP contribution >= 0.6 is 0 Å². The number of hydrogen-bond donors (Lipinski definition) is 0. The summed E-state index contributed by atoms with van der Waals surface area (Å²) in [7, 11) is 0. The molecule has 8 heteroatoms. The maximum atomic E-state index is 13.0. The van der Waals surface area contributed by atoms with E-state index in [1.54, 1.807) is 18.2 Å². The first kappa shape index (κ1) is 18.5. The van der Waals surface area contributed by atoms with Crippen molar-refractivity contribution in [2.45, 2.75) is 13.5 Å². The van der Waals surface area contributed by atoms with Crippen LogP contribution < -0.4 is 15.0 Å². The van der Waals surface area contributed by atoms with E-state index in [2.05, 4.69) is 10.00 Å². The van der Waals surface area contributed by atoms with E-state index in [0.717, 1.165) is 25.3 Å². The van der Waals surface area contributed by atoms with Gasteiger partial charge in [-0.05, 0) is 25.1 Å². The number of carbonyl (C=O) groups is 1. The standard InChI is InChI=1S/C20H24N4O4/c1-15-5-6-18(25)24(21-15)12-9-22-7-10-23(11-8-22)20(26)16-3-2-4-17-19(16)28-14-13-27-17/h2-6H,7-14H2,1H3. The number of amides is 1. The molecule has 0 unspecified atom stereocenters. The summed E-state index contributed by atoms with van der Waals surface area (Å²) < 4.78 is 12.7. The Bertz CT molecular complexity index is 919. The van der Waals surface area contributed by atoms with Crippen LogP contribution in [0.25, 0.3) is 0 Å². The van der Waals surface area contributed by atoms with Crippen LogP contribution in [-0.4, -0.2) is 71.4 Å². The third-order valence-corrected chi connectivity index (χ3v) is 5.08. The first-order valence-electron chi connectivity index (χ1n) is 9.57. The van der Waals surface area contributed by atoms with Crippen LogP contribution in [0.5, 0.6) is 11.5 Å². The van der Waals surface area contributed by atoms with Gasteiger partial charge in [0, 0.05) is 38.8 Å². The zero-order chi connectivity index (χ0) is 19.5. The first-order valence-corrected chi connectivity index (χ1v) is 9.57. The summed E-state index contributed by atoms with van der Waals surface area (Å²) in [5.74, 6) is 1.15. The predicted molar refractivity (Wildman–Crippen MR) is 103 cm³/mol. The van der Waals surface area contributed by atoms with Crippen LogP contribution in [0.15, 0.2) is 35.1 Å². The molecule has 1 aromatic carbocycles. The van der Waals surface area contributed by atoms with Crippen LogP contribution in [0.1, 0.15) is 16.1 Å². The number of aryl methyl sites for hydroxylation is 1. The predicted octanol–water partition coefficient (Wildman–Crippen LogP) is 0.781.